The Kier molecular flexibility index (Phi) is 5.41. The minimum absolute atomic E-state index is 0.0112. The van der Waals surface area contributed by atoms with E-state index in [-0.39, 0.29) is 23.0 Å². The number of benzene rings is 1. The molecule has 1 aliphatic carbocycles. The summed E-state index contributed by atoms with van der Waals surface area (Å²) >= 11 is 0. The molecule has 1 fully saturated rings. The SMILES string of the molecule is COc1cnc2c(c1)cc(CC(=O)C1CCCCC1)n2S(=O)(=O)c1ccccc1. The fourth-order valence-corrected chi connectivity index (χ4v) is 5.57. The van der Waals surface area contributed by atoms with E-state index in [1.54, 1.807) is 42.5 Å². The number of aromatic nitrogens is 2. The molecule has 1 saturated carbocycles. The van der Waals surface area contributed by atoms with Crippen LogP contribution in [0.3, 0.4) is 0 Å². The summed E-state index contributed by atoms with van der Waals surface area (Å²) in [5.74, 6) is 0.651. The van der Waals surface area contributed by atoms with Gasteiger partial charge in [0.05, 0.1) is 18.2 Å². The van der Waals surface area contributed by atoms with Gasteiger partial charge in [-0.15, -0.1) is 0 Å². The Morgan fingerprint density at radius 3 is 2.55 bits per heavy atom. The average Bonchev–Trinajstić information content (AvgIpc) is 3.12. The van der Waals surface area contributed by atoms with E-state index in [2.05, 4.69) is 4.98 Å². The van der Waals surface area contributed by atoms with Crippen molar-refractivity contribution in [2.45, 2.75) is 43.4 Å². The molecule has 3 aromatic rings. The highest BCUT2D eigenvalue weighted by Crippen LogP contribution is 2.30. The summed E-state index contributed by atoms with van der Waals surface area (Å²) < 4.78 is 33.3. The number of hydrogen-bond acceptors (Lipinski definition) is 5. The number of rotatable bonds is 6. The second-order valence-corrected chi connectivity index (χ2v) is 9.27. The average molecular weight is 413 g/mol. The third-order valence-electron chi connectivity index (χ3n) is 5.58. The van der Waals surface area contributed by atoms with Crippen LogP contribution in [0.25, 0.3) is 11.0 Å². The number of ether oxygens (including phenoxy) is 1. The zero-order valence-electron chi connectivity index (χ0n) is 16.4. The molecule has 7 heteroatoms. The Morgan fingerprint density at radius 1 is 1.14 bits per heavy atom. The molecule has 0 aliphatic heterocycles. The normalized spacial score (nSPS) is 15.5. The Hall–Kier alpha value is -2.67. The van der Waals surface area contributed by atoms with Crippen molar-refractivity contribution in [2.75, 3.05) is 7.11 Å². The number of carbonyl (C=O) groups excluding carboxylic acids is 1. The minimum atomic E-state index is -3.89. The molecule has 1 aromatic carbocycles. The van der Waals surface area contributed by atoms with Crippen molar-refractivity contribution < 1.29 is 17.9 Å². The summed E-state index contributed by atoms with van der Waals surface area (Å²) in [5.41, 5.74) is 0.751. The number of pyridine rings is 1. The minimum Gasteiger partial charge on any atom is -0.495 e. The molecule has 0 amide bonds. The molecule has 0 bridgehead atoms. The van der Waals surface area contributed by atoms with E-state index in [0.717, 1.165) is 32.1 Å². The van der Waals surface area contributed by atoms with E-state index in [9.17, 15) is 13.2 Å². The Balaban J connectivity index is 1.82. The summed E-state index contributed by atoms with van der Waals surface area (Å²) in [6.45, 7) is 0. The molecule has 2 heterocycles. The smallest absolute Gasteiger partial charge is 0.269 e. The summed E-state index contributed by atoms with van der Waals surface area (Å²) in [6.07, 6.45) is 6.62. The van der Waals surface area contributed by atoms with Gasteiger partial charge < -0.3 is 4.74 Å². The molecule has 152 valence electrons. The molecule has 0 atom stereocenters. The first-order chi connectivity index (χ1) is 14.0. The number of Topliss-reactive ketones (excluding diaryl/α,β-unsaturated/α-hetero) is 1. The maximum Gasteiger partial charge on any atom is 0.269 e. The van der Waals surface area contributed by atoms with Gasteiger partial charge in [-0.25, -0.2) is 17.4 Å². The van der Waals surface area contributed by atoms with Crippen molar-refractivity contribution in [2.24, 2.45) is 5.92 Å². The molecule has 29 heavy (non-hydrogen) atoms. The van der Waals surface area contributed by atoms with Gasteiger partial charge in [-0.1, -0.05) is 37.5 Å². The number of ketones is 1. The Bertz CT molecular complexity index is 1130. The maximum atomic E-state index is 13.4. The van der Waals surface area contributed by atoms with Gasteiger partial charge in [0.1, 0.15) is 11.5 Å². The standard InChI is InChI=1S/C22H24N2O4S/c1-28-19-13-17-12-18(14-21(25)16-8-4-2-5-9-16)24(22(17)23-15-19)29(26,27)20-10-6-3-7-11-20/h3,6-7,10-13,15-16H,2,4-5,8-9,14H2,1H3. The Morgan fingerprint density at radius 2 is 1.86 bits per heavy atom. The fourth-order valence-electron chi connectivity index (χ4n) is 4.05. The van der Waals surface area contributed by atoms with E-state index in [0.29, 0.717) is 22.5 Å². The van der Waals surface area contributed by atoms with Crippen LogP contribution in [-0.2, 0) is 21.2 Å². The first-order valence-electron chi connectivity index (χ1n) is 9.88. The van der Waals surface area contributed by atoms with E-state index in [1.165, 1.54) is 17.3 Å². The number of hydrogen-bond donors (Lipinski definition) is 0. The van der Waals surface area contributed by atoms with Crippen LogP contribution in [-0.4, -0.2) is 30.3 Å². The molecule has 0 radical (unpaired) electrons. The van der Waals surface area contributed by atoms with Gasteiger partial charge in [-0.2, -0.15) is 0 Å². The van der Waals surface area contributed by atoms with Crippen LogP contribution in [0, 0.1) is 5.92 Å². The van der Waals surface area contributed by atoms with Gasteiger partial charge in [0.2, 0.25) is 0 Å². The van der Waals surface area contributed by atoms with Gasteiger partial charge in [-0.05, 0) is 37.1 Å². The second-order valence-electron chi connectivity index (χ2n) is 7.48. The number of carbonyl (C=O) groups is 1. The van der Waals surface area contributed by atoms with Crippen molar-refractivity contribution in [1.82, 2.24) is 8.96 Å². The fraction of sp³-hybridized carbons (Fsp3) is 0.364. The van der Waals surface area contributed by atoms with Gasteiger partial charge in [0.15, 0.2) is 5.65 Å². The number of methoxy groups -OCH3 is 1. The summed E-state index contributed by atoms with van der Waals surface area (Å²) in [5, 5.41) is 0.635. The van der Waals surface area contributed by atoms with Crippen molar-refractivity contribution in [3.8, 4) is 5.75 Å². The topological polar surface area (TPSA) is 78.3 Å². The molecule has 4 rings (SSSR count). The van der Waals surface area contributed by atoms with Gasteiger partial charge in [-0.3, -0.25) is 4.79 Å². The molecule has 0 N–H and O–H groups in total. The molecule has 2 aromatic heterocycles. The van der Waals surface area contributed by atoms with E-state index >= 15 is 0 Å². The molecular weight excluding hydrogens is 388 g/mol. The highest BCUT2D eigenvalue weighted by Gasteiger charge is 2.28. The zero-order valence-corrected chi connectivity index (χ0v) is 17.2. The summed E-state index contributed by atoms with van der Waals surface area (Å²) in [4.78, 5) is 17.4. The summed E-state index contributed by atoms with van der Waals surface area (Å²) in [6, 6.07) is 11.7. The van der Waals surface area contributed by atoms with Crippen molar-refractivity contribution in [3.05, 3.63) is 54.4 Å². The largest absolute Gasteiger partial charge is 0.495 e. The Labute approximate surface area is 170 Å². The number of nitrogens with zero attached hydrogens (tertiary/aromatic N) is 2. The van der Waals surface area contributed by atoms with Crippen LogP contribution in [0.5, 0.6) is 5.75 Å². The van der Waals surface area contributed by atoms with Crippen LogP contribution in [0.1, 0.15) is 37.8 Å². The predicted molar refractivity (Wildman–Crippen MR) is 111 cm³/mol. The third kappa shape index (κ3) is 3.79. The molecule has 0 saturated heterocycles. The lowest BCUT2D eigenvalue weighted by atomic mass is 9.85. The first-order valence-corrected chi connectivity index (χ1v) is 11.3. The van der Waals surface area contributed by atoms with Gasteiger partial charge in [0, 0.05) is 23.4 Å². The van der Waals surface area contributed by atoms with Gasteiger partial charge >= 0.3 is 0 Å². The molecular formula is C22H24N2O4S. The third-order valence-corrected chi connectivity index (χ3v) is 7.33. The highest BCUT2D eigenvalue weighted by molar-refractivity contribution is 7.90. The van der Waals surface area contributed by atoms with Crippen LogP contribution in [0.15, 0.2) is 53.6 Å². The van der Waals surface area contributed by atoms with Crippen LogP contribution in [0.2, 0.25) is 0 Å². The van der Waals surface area contributed by atoms with E-state index in [4.69, 9.17) is 4.74 Å². The zero-order chi connectivity index (χ0) is 20.4. The molecule has 1 aliphatic rings. The lowest BCUT2D eigenvalue weighted by Gasteiger charge is -2.20. The van der Waals surface area contributed by atoms with E-state index < -0.39 is 10.0 Å². The first kappa shape index (κ1) is 19.6. The lowest BCUT2D eigenvalue weighted by molar-refractivity contribution is -0.123. The predicted octanol–water partition coefficient (Wildman–Crippen LogP) is 3.97. The van der Waals surface area contributed by atoms with E-state index in [1.807, 2.05) is 0 Å². The van der Waals surface area contributed by atoms with Crippen LogP contribution < -0.4 is 4.74 Å². The molecule has 0 spiro atoms. The van der Waals surface area contributed by atoms with Crippen LogP contribution in [0.4, 0.5) is 0 Å². The maximum absolute atomic E-state index is 13.4. The van der Waals surface area contributed by atoms with Crippen molar-refractivity contribution in [1.29, 1.82) is 0 Å². The monoisotopic (exact) mass is 412 g/mol. The van der Waals surface area contributed by atoms with Crippen molar-refractivity contribution in [3.63, 3.8) is 0 Å². The molecule has 6 nitrogen and oxygen atoms in total. The lowest BCUT2D eigenvalue weighted by Crippen LogP contribution is -2.23. The van der Waals surface area contributed by atoms with Gasteiger partial charge in [0.25, 0.3) is 10.0 Å². The van der Waals surface area contributed by atoms with Crippen LogP contribution >= 0.6 is 0 Å². The van der Waals surface area contributed by atoms with Crippen molar-refractivity contribution >= 4 is 26.8 Å². The second kappa shape index (κ2) is 7.99. The molecule has 0 unspecified atom stereocenters. The quantitative estimate of drug-likeness (QED) is 0.612. The number of fused-ring (bicyclic) bond motifs is 1. The highest BCUT2D eigenvalue weighted by atomic mass is 32.2. The summed E-state index contributed by atoms with van der Waals surface area (Å²) in [7, 11) is -2.35.